The molecule has 0 saturated heterocycles. The van der Waals surface area contributed by atoms with Gasteiger partial charge in [0.2, 0.25) is 0 Å². The molecule has 3 N–H and O–H groups in total. The number of ether oxygens (including phenoxy) is 2. The molecule has 0 spiro atoms. The summed E-state index contributed by atoms with van der Waals surface area (Å²) < 4.78 is 11.6. The van der Waals surface area contributed by atoms with E-state index < -0.39 is 0 Å². The molecule has 4 nitrogen and oxygen atoms in total. The van der Waals surface area contributed by atoms with Gasteiger partial charge in [0.1, 0.15) is 5.75 Å². The highest BCUT2D eigenvalue weighted by Crippen LogP contribution is 2.44. The van der Waals surface area contributed by atoms with Gasteiger partial charge in [-0.05, 0) is 56.4 Å². The van der Waals surface area contributed by atoms with Crippen LogP contribution in [-0.4, -0.2) is 19.3 Å². The van der Waals surface area contributed by atoms with Crippen LogP contribution in [0, 0.1) is 13.8 Å². The molecule has 1 aliphatic rings. The summed E-state index contributed by atoms with van der Waals surface area (Å²) in [5, 5.41) is 0. The third kappa shape index (κ3) is 3.07. The smallest absolute Gasteiger partial charge is 0.122 e. The van der Waals surface area contributed by atoms with Crippen LogP contribution in [0.5, 0.6) is 5.75 Å². The number of rotatable bonds is 6. The van der Waals surface area contributed by atoms with E-state index in [1.807, 2.05) is 0 Å². The van der Waals surface area contributed by atoms with Crippen molar-refractivity contribution in [1.82, 2.24) is 5.43 Å². The summed E-state index contributed by atoms with van der Waals surface area (Å²) in [5.74, 6) is 6.85. The zero-order valence-electron chi connectivity index (χ0n) is 13.7. The molecule has 21 heavy (non-hydrogen) atoms. The molecular weight excluding hydrogens is 264 g/mol. The lowest BCUT2D eigenvalue weighted by Gasteiger charge is -2.38. The second-order valence-electron chi connectivity index (χ2n) is 5.98. The van der Waals surface area contributed by atoms with Gasteiger partial charge in [0, 0.05) is 6.61 Å². The van der Waals surface area contributed by atoms with Crippen LogP contribution in [0.25, 0.3) is 0 Å². The topological polar surface area (TPSA) is 56.5 Å². The second kappa shape index (κ2) is 6.77. The van der Waals surface area contributed by atoms with Gasteiger partial charge in [-0.25, -0.2) is 0 Å². The third-order valence-electron chi connectivity index (χ3n) is 4.67. The SMILES string of the molecule is CCOC1(C(NN)c2cc(C)c(OC)cc2C)CCCC1. The van der Waals surface area contributed by atoms with Gasteiger partial charge in [0.05, 0.1) is 18.8 Å². The van der Waals surface area contributed by atoms with Crippen molar-refractivity contribution in [3.05, 3.63) is 28.8 Å². The monoisotopic (exact) mass is 292 g/mol. The van der Waals surface area contributed by atoms with Crippen molar-refractivity contribution in [2.45, 2.75) is 58.1 Å². The van der Waals surface area contributed by atoms with E-state index in [-0.39, 0.29) is 11.6 Å². The highest BCUT2D eigenvalue weighted by molar-refractivity contribution is 5.43. The molecular formula is C17H28N2O2. The molecule has 0 amide bonds. The molecule has 1 aliphatic carbocycles. The standard InChI is InChI=1S/C17H28N2O2/c1-5-21-17(8-6-7-9-17)16(19-18)14-10-13(3)15(20-4)11-12(14)2/h10-11,16,19H,5-9,18H2,1-4H3. The average Bonchev–Trinajstić information content (AvgIpc) is 2.92. The van der Waals surface area contributed by atoms with Crippen LogP contribution in [0.4, 0.5) is 0 Å². The van der Waals surface area contributed by atoms with Gasteiger partial charge in [-0.1, -0.05) is 18.9 Å². The van der Waals surface area contributed by atoms with Crippen LogP contribution in [0.15, 0.2) is 12.1 Å². The van der Waals surface area contributed by atoms with E-state index in [4.69, 9.17) is 15.3 Å². The molecule has 0 bridgehead atoms. The van der Waals surface area contributed by atoms with Crippen LogP contribution in [0.3, 0.4) is 0 Å². The molecule has 1 atom stereocenters. The van der Waals surface area contributed by atoms with Crippen molar-refractivity contribution < 1.29 is 9.47 Å². The van der Waals surface area contributed by atoms with Gasteiger partial charge in [0.15, 0.2) is 0 Å². The Labute approximate surface area is 128 Å². The minimum Gasteiger partial charge on any atom is -0.496 e. The maximum atomic E-state index is 6.18. The van der Waals surface area contributed by atoms with Crippen LogP contribution in [0.2, 0.25) is 0 Å². The minimum absolute atomic E-state index is 0.0181. The number of nitrogens with one attached hydrogen (secondary N) is 1. The van der Waals surface area contributed by atoms with Crippen LogP contribution in [0.1, 0.15) is 55.3 Å². The molecule has 0 aliphatic heterocycles. The fourth-order valence-electron chi connectivity index (χ4n) is 3.65. The fraction of sp³-hybridized carbons (Fsp3) is 0.647. The first-order chi connectivity index (χ1) is 10.1. The molecule has 118 valence electrons. The van der Waals surface area contributed by atoms with Crippen molar-refractivity contribution in [3.63, 3.8) is 0 Å². The van der Waals surface area contributed by atoms with Crippen molar-refractivity contribution in [3.8, 4) is 5.75 Å². The first-order valence-corrected chi connectivity index (χ1v) is 7.83. The zero-order valence-corrected chi connectivity index (χ0v) is 13.7. The molecule has 0 aromatic heterocycles. The fourth-order valence-corrected chi connectivity index (χ4v) is 3.65. The van der Waals surface area contributed by atoms with Crippen LogP contribution < -0.4 is 16.0 Å². The van der Waals surface area contributed by atoms with E-state index in [9.17, 15) is 0 Å². The van der Waals surface area contributed by atoms with Gasteiger partial charge in [-0.15, -0.1) is 0 Å². The number of benzene rings is 1. The summed E-state index contributed by atoms with van der Waals surface area (Å²) in [6.07, 6.45) is 4.51. The first kappa shape index (κ1) is 16.3. The summed E-state index contributed by atoms with van der Waals surface area (Å²) in [5.41, 5.74) is 6.37. The van der Waals surface area contributed by atoms with Crippen LogP contribution >= 0.6 is 0 Å². The number of hydrazine groups is 1. The highest BCUT2D eigenvalue weighted by atomic mass is 16.5. The average molecular weight is 292 g/mol. The van der Waals surface area contributed by atoms with E-state index in [2.05, 4.69) is 38.3 Å². The van der Waals surface area contributed by atoms with Gasteiger partial charge in [0.25, 0.3) is 0 Å². The molecule has 0 radical (unpaired) electrons. The number of methoxy groups -OCH3 is 1. The van der Waals surface area contributed by atoms with Crippen molar-refractivity contribution in [2.24, 2.45) is 5.84 Å². The molecule has 1 unspecified atom stereocenters. The van der Waals surface area contributed by atoms with Crippen molar-refractivity contribution in [1.29, 1.82) is 0 Å². The third-order valence-corrected chi connectivity index (χ3v) is 4.67. The maximum absolute atomic E-state index is 6.18. The van der Waals surface area contributed by atoms with E-state index in [0.29, 0.717) is 6.61 Å². The van der Waals surface area contributed by atoms with Crippen molar-refractivity contribution in [2.75, 3.05) is 13.7 Å². The summed E-state index contributed by atoms with van der Waals surface area (Å²) >= 11 is 0. The molecule has 2 rings (SSSR count). The Balaban J connectivity index is 2.43. The number of aryl methyl sites for hydroxylation is 2. The van der Waals surface area contributed by atoms with E-state index in [1.54, 1.807) is 7.11 Å². The van der Waals surface area contributed by atoms with Crippen molar-refractivity contribution >= 4 is 0 Å². The molecule has 0 heterocycles. The Hall–Kier alpha value is -1.10. The lowest BCUT2D eigenvalue weighted by molar-refractivity contribution is -0.0628. The predicted molar refractivity (Wildman–Crippen MR) is 85.4 cm³/mol. The Morgan fingerprint density at radius 1 is 1.24 bits per heavy atom. The summed E-state index contributed by atoms with van der Waals surface area (Å²) in [6, 6.07) is 4.28. The van der Waals surface area contributed by atoms with Gasteiger partial charge in [-0.2, -0.15) is 0 Å². The molecule has 1 aromatic carbocycles. The summed E-state index contributed by atoms with van der Waals surface area (Å²) in [4.78, 5) is 0. The van der Waals surface area contributed by atoms with Gasteiger partial charge >= 0.3 is 0 Å². The Morgan fingerprint density at radius 3 is 2.43 bits per heavy atom. The normalized spacial score (nSPS) is 18.7. The van der Waals surface area contributed by atoms with E-state index in [1.165, 1.54) is 24.0 Å². The number of hydrogen-bond donors (Lipinski definition) is 2. The Morgan fingerprint density at radius 2 is 1.90 bits per heavy atom. The zero-order chi connectivity index (χ0) is 15.5. The lowest BCUT2D eigenvalue weighted by Crippen LogP contribution is -2.47. The second-order valence-corrected chi connectivity index (χ2v) is 5.98. The number of nitrogens with two attached hydrogens (primary N) is 1. The molecule has 4 heteroatoms. The summed E-state index contributed by atoms with van der Waals surface area (Å²) in [6.45, 7) is 6.94. The van der Waals surface area contributed by atoms with Gasteiger partial charge < -0.3 is 9.47 Å². The lowest BCUT2D eigenvalue weighted by atomic mass is 9.84. The Kier molecular flexibility index (Phi) is 5.25. The maximum Gasteiger partial charge on any atom is 0.122 e. The summed E-state index contributed by atoms with van der Waals surface area (Å²) in [7, 11) is 1.71. The van der Waals surface area contributed by atoms with E-state index in [0.717, 1.165) is 24.2 Å². The largest absolute Gasteiger partial charge is 0.496 e. The first-order valence-electron chi connectivity index (χ1n) is 7.83. The highest BCUT2D eigenvalue weighted by Gasteiger charge is 2.43. The minimum atomic E-state index is -0.185. The molecule has 1 saturated carbocycles. The Bertz CT molecular complexity index is 482. The van der Waals surface area contributed by atoms with Gasteiger partial charge in [-0.3, -0.25) is 11.3 Å². The predicted octanol–water partition coefficient (Wildman–Crippen LogP) is 3.17. The molecule has 1 fully saturated rings. The van der Waals surface area contributed by atoms with Crippen LogP contribution in [-0.2, 0) is 4.74 Å². The quantitative estimate of drug-likeness (QED) is 0.624. The molecule has 1 aromatic rings. The van der Waals surface area contributed by atoms with E-state index >= 15 is 0 Å². The number of hydrogen-bond acceptors (Lipinski definition) is 4.